The van der Waals surface area contributed by atoms with Crippen molar-refractivity contribution in [3.63, 3.8) is 0 Å². The Morgan fingerprint density at radius 2 is 2.14 bits per heavy atom. The molecule has 1 amide bonds. The molecule has 1 saturated heterocycles. The van der Waals surface area contributed by atoms with E-state index in [-0.39, 0.29) is 5.41 Å². The van der Waals surface area contributed by atoms with Crippen molar-refractivity contribution in [3.05, 3.63) is 0 Å². The Balaban J connectivity index is 2.52. The molecule has 1 aliphatic heterocycles. The quantitative estimate of drug-likeness (QED) is 0.701. The van der Waals surface area contributed by atoms with Gasteiger partial charge in [-0.3, -0.25) is 4.79 Å². The highest BCUT2D eigenvalue weighted by Crippen LogP contribution is 2.25. The monoisotopic (exact) mass is 261 g/mol. The van der Waals surface area contributed by atoms with Gasteiger partial charge in [-0.15, -0.1) is 0 Å². The lowest BCUT2D eigenvalue weighted by molar-refractivity contribution is -0.133. The highest BCUT2D eigenvalue weighted by atomic mass is 79.9. The third kappa shape index (κ3) is 3.26. The van der Waals surface area contributed by atoms with Crippen molar-refractivity contribution >= 4 is 21.8 Å². The molecule has 2 nitrogen and oxygen atoms in total. The molecule has 1 atom stereocenters. The molecule has 0 aliphatic carbocycles. The number of rotatable bonds is 2. The first-order valence-corrected chi connectivity index (χ1v) is 6.41. The molecule has 3 heteroatoms. The molecular weight excluding hydrogens is 242 g/mol. The maximum Gasteiger partial charge on any atom is 0.223 e. The smallest absolute Gasteiger partial charge is 0.223 e. The van der Waals surface area contributed by atoms with Crippen molar-refractivity contribution in [2.75, 3.05) is 11.9 Å². The standard InChI is InChI=1S/C11H20BrNO/c1-11(2,3)7-10(14)13-6-4-5-9(13)8-12/h9H,4-8H2,1-3H3. The second-order valence-corrected chi connectivity index (χ2v) is 5.92. The first kappa shape index (κ1) is 12.0. The molecule has 0 saturated carbocycles. The summed E-state index contributed by atoms with van der Waals surface area (Å²) in [6.45, 7) is 7.30. The fraction of sp³-hybridized carbons (Fsp3) is 0.909. The van der Waals surface area contributed by atoms with Crippen LogP contribution < -0.4 is 0 Å². The molecule has 0 aromatic carbocycles. The van der Waals surface area contributed by atoms with Gasteiger partial charge in [0, 0.05) is 24.3 Å². The van der Waals surface area contributed by atoms with E-state index in [4.69, 9.17) is 0 Å². The van der Waals surface area contributed by atoms with E-state index < -0.39 is 0 Å². The van der Waals surface area contributed by atoms with E-state index in [1.807, 2.05) is 4.90 Å². The van der Waals surface area contributed by atoms with Gasteiger partial charge in [-0.1, -0.05) is 36.7 Å². The van der Waals surface area contributed by atoms with Crippen LogP contribution in [0.25, 0.3) is 0 Å². The van der Waals surface area contributed by atoms with Crippen LogP contribution in [0.2, 0.25) is 0 Å². The molecule has 1 rings (SSSR count). The predicted molar refractivity (Wildman–Crippen MR) is 62.6 cm³/mol. The Kier molecular flexibility index (Phi) is 3.99. The van der Waals surface area contributed by atoms with E-state index in [0.717, 1.165) is 24.7 Å². The van der Waals surface area contributed by atoms with E-state index in [2.05, 4.69) is 36.7 Å². The van der Waals surface area contributed by atoms with Crippen LogP contribution in [0, 0.1) is 5.41 Å². The Labute approximate surface area is 95.2 Å². The highest BCUT2D eigenvalue weighted by molar-refractivity contribution is 9.09. The minimum atomic E-state index is 0.108. The van der Waals surface area contributed by atoms with Crippen molar-refractivity contribution < 1.29 is 4.79 Å². The molecule has 1 aliphatic rings. The average Bonchev–Trinajstić information content (AvgIpc) is 2.47. The minimum absolute atomic E-state index is 0.108. The topological polar surface area (TPSA) is 20.3 Å². The second-order valence-electron chi connectivity index (χ2n) is 5.27. The number of carbonyl (C=O) groups excluding carboxylic acids is 1. The SMILES string of the molecule is CC(C)(C)CC(=O)N1CCCC1CBr. The van der Waals surface area contributed by atoms with Gasteiger partial charge in [0.2, 0.25) is 5.91 Å². The van der Waals surface area contributed by atoms with E-state index in [0.29, 0.717) is 18.4 Å². The lowest BCUT2D eigenvalue weighted by Gasteiger charge is -2.27. The fourth-order valence-corrected chi connectivity index (χ4v) is 2.55. The molecule has 1 unspecified atom stereocenters. The van der Waals surface area contributed by atoms with Crippen LogP contribution in [0.3, 0.4) is 0 Å². The molecule has 0 spiro atoms. The van der Waals surface area contributed by atoms with Crippen molar-refractivity contribution in [2.45, 2.75) is 46.1 Å². The van der Waals surface area contributed by atoms with Gasteiger partial charge in [0.15, 0.2) is 0 Å². The Hall–Kier alpha value is -0.0500. The zero-order chi connectivity index (χ0) is 10.8. The van der Waals surface area contributed by atoms with Gasteiger partial charge in [-0.25, -0.2) is 0 Å². The number of halogens is 1. The van der Waals surface area contributed by atoms with Gasteiger partial charge < -0.3 is 4.90 Å². The normalized spacial score (nSPS) is 22.9. The predicted octanol–water partition coefficient (Wildman–Crippen LogP) is 2.81. The molecule has 0 aromatic heterocycles. The van der Waals surface area contributed by atoms with Crippen LogP contribution in [0.5, 0.6) is 0 Å². The zero-order valence-corrected chi connectivity index (χ0v) is 10.9. The summed E-state index contributed by atoms with van der Waals surface area (Å²) in [5.74, 6) is 0.319. The van der Waals surface area contributed by atoms with Gasteiger partial charge in [0.25, 0.3) is 0 Å². The molecule has 1 fully saturated rings. The lowest BCUT2D eigenvalue weighted by Crippen LogP contribution is -2.38. The third-order valence-electron chi connectivity index (χ3n) is 2.56. The summed E-state index contributed by atoms with van der Waals surface area (Å²) >= 11 is 3.47. The second kappa shape index (κ2) is 4.65. The largest absolute Gasteiger partial charge is 0.339 e. The van der Waals surface area contributed by atoms with Crippen LogP contribution in [0.1, 0.15) is 40.0 Å². The number of nitrogens with zero attached hydrogens (tertiary/aromatic N) is 1. The number of carbonyl (C=O) groups is 1. The van der Waals surface area contributed by atoms with Crippen LogP contribution in [-0.4, -0.2) is 28.7 Å². The van der Waals surface area contributed by atoms with Gasteiger partial charge in [-0.05, 0) is 18.3 Å². The molecule has 0 radical (unpaired) electrons. The highest BCUT2D eigenvalue weighted by Gasteiger charge is 2.29. The number of amides is 1. The van der Waals surface area contributed by atoms with E-state index in [9.17, 15) is 4.79 Å². The molecule has 14 heavy (non-hydrogen) atoms. The summed E-state index contributed by atoms with van der Waals surface area (Å²) in [6.07, 6.45) is 2.98. The van der Waals surface area contributed by atoms with Gasteiger partial charge >= 0.3 is 0 Å². The van der Waals surface area contributed by atoms with Crippen molar-refractivity contribution in [3.8, 4) is 0 Å². The van der Waals surface area contributed by atoms with Gasteiger partial charge in [0.1, 0.15) is 0 Å². The fourth-order valence-electron chi connectivity index (χ4n) is 1.88. The summed E-state index contributed by atoms with van der Waals surface area (Å²) in [5.41, 5.74) is 0.108. The van der Waals surface area contributed by atoms with Gasteiger partial charge in [-0.2, -0.15) is 0 Å². The number of likely N-dealkylation sites (tertiary alicyclic amines) is 1. The molecule has 1 heterocycles. The van der Waals surface area contributed by atoms with Crippen molar-refractivity contribution in [1.82, 2.24) is 4.90 Å². The molecule has 0 aromatic rings. The van der Waals surface area contributed by atoms with E-state index >= 15 is 0 Å². The van der Waals surface area contributed by atoms with E-state index in [1.54, 1.807) is 0 Å². The Bertz CT molecular complexity index is 210. The molecule has 0 bridgehead atoms. The van der Waals surface area contributed by atoms with Crippen molar-refractivity contribution in [2.24, 2.45) is 5.41 Å². The zero-order valence-electron chi connectivity index (χ0n) is 9.35. The maximum atomic E-state index is 11.9. The first-order valence-electron chi connectivity index (χ1n) is 5.29. The van der Waals surface area contributed by atoms with Gasteiger partial charge in [0.05, 0.1) is 0 Å². The number of hydrogen-bond acceptors (Lipinski definition) is 1. The molecule has 0 N–H and O–H groups in total. The van der Waals surface area contributed by atoms with Crippen LogP contribution in [0.15, 0.2) is 0 Å². The Morgan fingerprint density at radius 3 is 2.64 bits per heavy atom. The lowest BCUT2D eigenvalue weighted by atomic mass is 9.91. The molecular formula is C11H20BrNO. The summed E-state index contributed by atoms with van der Waals surface area (Å²) < 4.78 is 0. The summed E-state index contributed by atoms with van der Waals surface area (Å²) in [7, 11) is 0. The van der Waals surface area contributed by atoms with Crippen LogP contribution >= 0.6 is 15.9 Å². The van der Waals surface area contributed by atoms with Crippen LogP contribution in [-0.2, 0) is 4.79 Å². The minimum Gasteiger partial charge on any atom is -0.339 e. The van der Waals surface area contributed by atoms with Crippen LogP contribution in [0.4, 0.5) is 0 Å². The molecule has 82 valence electrons. The summed E-state index contributed by atoms with van der Waals surface area (Å²) in [5, 5.41) is 0.920. The number of alkyl halides is 1. The van der Waals surface area contributed by atoms with Crippen molar-refractivity contribution in [1.29, 1.82) is 0 Å². The third-order valence-corrected chi connectivity index (χ3v) is 3.30. The van der Waals surface area contributed by atoms with E-state index in [1.165, 1.54) is 0 Å². The number of hydrogen-bond donors (Lipinski definition) is 0. The maximum absolute atomic E-state index is 11.9. The summed E-state index contributed by atoms with van der Waals surface area (Å²) in [4.78, 5) is 14.0. The first-order chi connectivity index (χ1) is 6.44. The summed E-state index contributed by atoms with van der Waals surface area (Å²) in [6, 6.07) is 0.435. The average molecular weight is 262 g/mol. The Morgan fingerprint density at radius 1 is 1.50 bits per heavy atom.